The van der Waals surface area contributed by atoms with E-state index in [0.29, 0.717) is 24.3 Å². The van der Waals surface area contributed by atoms with Crippen molar-refractivity contribution in [3.8, 4) is 5.75 Å². The molecule has 0 saturated carbocycles. The zero-order valence-electron chi connectivity index (χ0n) is 24.0. The van der Waals surface area contributed by atoms with Gasteiger partial charge >= 0.3 is 12.2 Å². The van der Waals surface area contributed by atoms with E-state index in [9.17, 15) is 19.7 Å². The fourth-order valence-electron chi connectivity index (χ4n) is 4.03. The first kappa shape index (κ1) is 30.9. The number of nitrogens with zero attached hydrogens (tertiary/aromatic N) is 2. The number of nitro benzene ring substituents is 1. The summed E-state index contributed by atoms with van der Waals surface area (Å²) in [5.41, 5.74) is 1.41. The van der Waals surface area contributed by atoms with Crippen LogP contribution in [0, 0.1) is 10.1 Å². The van der Waals surface area contributed by atoms with Gasteiger partial charge in [0.05, 0.1) is 24.2 Å². The molecule has 218 valence electrons. The van der Waals surface area contributed by atoms with Gasteiger partial charge in [-0.1, -0.05) is 32.9 Å². The summed E-state index contributed by atoms with van der Waals surface area (Å²) in [7, 11) is -0.507. The number of nitrogens with one attached hydrogen (secondary N) is 1. The summed E-state index contributed by atoms with van der Waals surface area (Å²) in [4.78, 5) is 37.5. The lowest BCUT2D eigenvalue weighted by molar-refractivity contribution is -0.384. The van der Waals surface area contributed by atoms with Crippen molar-refractivity contribution in [2.45, 2.75) is 70.7 Å². The van der Waals surface area contributed by atoms with Gasteiger partial charge in [-0.2, -0.15) is 0 Å². The molecular formula is C28H39N3O8Si. The Morgan fingerprint density at radius 2 is 1.60 bits per heavy atom. The molecule has 0 aromatic heterocycles. The lowest BCUT2D eigenvalue weighted by Gasteiger charge is -2.38. The van der Waals surface area contributed by atoms with Gasteiger partial charge in [-0.3, -0.25) is 10.1 Å². The first-order valence-corrected chi connectivity index (χ1v) is 16.1. The first-order chi connectivity index (χ1) is 18.8. The van der Waals surface area contributed by atoms with E-state index in [1.54, 1.807) is 24.1 Å². The average Bonchev–Trinajstić information content (AvgIpc) is 3.31. The number of methoxy groups -OCH3 is 1. The number of amides is 2. The van der Waals surface area contributed by atoms with Crippen molar-refractivity contribution in [3.63, 3.8) is 0 Å². The lowest BCUT2D eigenvalue weighted by atomic mass is 10.2. The van der Waals surface area contributed by atoms with Crippen molar-refractivity contribution in [1.82, 2.24) is 10.2 Å². The standard InChI is InChI=1S/C28H39N3O8Si/c1-28(2,3)40(5,6)39-25-15-23(16-29-26(32)37-18-20-7-11-22(12-8-20)31(34)35)30(17-25)27(33)38-19-21-9-13-24(36-4)14-10-21/h7-14,23,25H,15-19H2,1-6H3,(H,29,32)/t23-,25+/m0/s1. The van der Waals surface area contributed by atoms with Gasteiger partial charge in [-0.25, -0.2) is 9.59 Å². The number of ether oxygens (including phenoxy) is 3. The van der Waals surface area contributed by atoms with Crippen LogP contribution in [0.1, 0.15) is 38.3 Å². The molecule has 0 radical (unpaired) electrons. The Hall–Kier alpha value is -3.64. The summed E-state index contributed by atoms with van der Waals surface area (Å²) in [6.45, 7) is 11.4. The molecule has 2 aromatic rings. The van der Waals surface area contributed by atoms with E-state index in [1.165, 1.54) is 24.3 Å². The third kappa shape index (κ3) is 8.43. The highest BCUT2D eigenvalue weighted by molar-refractivity contribution is 6.74. The van der Waals surface area contributed by atoms with Crippen LogP contribution in [0.15, 0.2) is 48.5 Å². The molecule has 1 saturated heterocycles. The average molecular weight is 574 g/mol. The maximum Gasteiger partial charge on any atom is 0.410 e. The molecule has 2 amide bonds. The van der Waals surface area contributed by atoms with Gasteiger partial charge in [0.25, 0.3) is 5.69 Å². The van der Waals surface area contributed by atoms with Crippen LogP contribution in [0.4, 0.5) is 15.3 Å². The third-order valence-corrected chi connectivity index (χ3v) is 11.9. The summed E-state index contributed by atoms with van der Waals surface area (Å²) in [6.07, 6.45) is -0.772. The Bertz CT molecular complexity index is 1170. The quantitative estimate of drug-likeness (QED) is 0.220. The molecule has 2 aromatic carbocycles. The Kier molecular flexibility index (Phi) is 10.1. The van der Waals surface area contributed by atoms with Crippen LogP contribution in [-0.4, -0.2) is 62.7 Å². The van der Waals surface area contributed by atoms with Crippen molar-refractivity contribution < 1.29 is 33.1 Å². The molecule has 2 atom stereocenters. The number of benzene rings is 2. The van der Waals surface area contributed by atoms with Crippen molar-refractivity contribution in [2.75, 3.05) is 20.2 Å². The number of likely N-dealkylation sites (tertiary alicyclic amines) is 1. The molecular weight excluding hydrogens is 534 g/mol. The lowest BCUT2D eigenvalue weighted by Crippen LogP contribution is -2.45. The molecule has 1 N–H and O–H groups in total. The molecule has 11 nitrogen and oxygen atoms in total. The van der Waals surface area contributed by atoms with Gasteiger partial charge in [-0.05, 0) is 59.9 Å². The summed E-state index contributed by atoms with van der Waals surface area (Å²) >= 11 is 0. The monoisotopic (exact) mass is 573 g/mol. The maximum absolute atomic E-state index is 13.1. The number of rotatable bonds is 10. The smallest absolute Gasteiger partial charge is 0.410 e. The van der Waals surface area contributed by atoms with Crippen molar-refractivity contribution in [3.05, 3.63) is 69.8 Å². The summed E-state index contributed by atoms with van der Waals surface area (Å²) in [5, 5.41) is 13.5. The molecule has 12 heteroatoms. The molecule has 0 aliphatic carbocycles. The molecule has 1 heterocycles. The van der Waals surface area contributed by atoms with Crippen molar-refractivity contribution >= 4 is 26.2 Å². The van der Waals surface area contributed by atoms with Crippen molar-refractivity contribution in [1.29, 1.82) is 0 Å². The highest BCUT2D eigenvalue weighted by Gasteiger charge is 2.44. The number of hydrogen-bond acceptors (Lipinski definition) is 8. The SMILES string of the molecule is COc1ccc(COC(=O)N2C[C@H](O[Si](C)(C)C(C)(C)C)C[C@H]2CNC(=O)OCc2ccc([N+](=O)[O-])cc2)cc1. The van der Waals surface area contributed by atoms with Gasteiger partial charge in [0, 0.05) is 25.2 Å². The number of alkyl carbamates (subject to hydrolysis) is 1. The fourth-order valence-corrected chi connectivity index (χ4v) is 5.39. The normalized spacial score (nSPS) is 17.3. The summed E-state index contributed by atoms with van der Waals surface area (Å²) in [6, 6.07) is 12.7. The number of non-ortho nitro benzene ring substituents is 1. The van der Waals surface area contributed by atoms with E-state index in [0.717, 1.165) is 5.56 Å². The van der Waals surface area contributed by atoms with E-state index < -0.39 is 25.4 Å². The molecule has 1 aliphatic heterocycles. The van der Waals surface area contributed by atoms with Gasteiger partial charge in [0.2, 0.25) is 0 Å². The zero-order valence-corrected chi connectivity index (χ0v) is 25.0. The molecule has 0 unspecified atom stereocenters. The second-order valence-electron chi connectivity index (χ2n) is 11.3. The van der Waals surface area contributed by atoms with Crippen LogP contribution >= 0.6 is 0 Å². The molecule has 3 rings (SSSR count). The van der Waals surface area contributed by atoms with Crippen LogP contribution in [0.25, 0.3) is 0 Å². The minimum Gasteiger partial charge on any atom is -0.497 e. The largest absolute Gasteiger partial charge is 0.497 e. The highest BCUT2D eigenvalue weighted by atomic mass is 28.4. The fraction of sp³-hybridized carbons (Fsp3) is 0.500. The minimum absolute atomic E-state index is 0.00468. The van der Waals surface area contributed by atoms with E-state index in [-0.39, 0.29) is 42.6 Å². The molecule has 0 bridgehead atoms. The summed E-state index contributed by atoms with van der Waals surface area (Å²) < 4.78 is 22.6. The number of carbonyl (C=O) groups is 2. The van der Waals surface area contributed by atoms with Crippen molar-refractivity contribution in [2.24, 2.45) is 0 Å². The van der Waals surface area contributed by atoms with Gasteiger partial charge in [-0.15, -0.1) is 0 Å². The minimum atomic E-state index is -2.10. The van der Waals surface area contributed by atoms with Gasteiger partial charge in [0.1, 0.15) is 19.0 Å². The number of nitro groups is 1. The topological polar surface area (TPSA) is 129 Å². The van der Waals surface area contributed by atoms with E-state index >= 15 is 0 Å². The van der Waals surface area contributed by atoms with Crippen LogP contribution in [0.3, 0.4) is 0 Å². The highest BCUT2D eigenvalue weighted by Crippen LogP contribution is 2.39. The molecule has 1 aliphatic rings. The Morgan fingerprint density at radius 1 is 1.02 bits per heavy atom. The second kappa shape index (κ2) is 13.1. The van der Waals surface area contributed by atoms with Crippen LogP contribution in [0.5, 0.6) is 5.75 Å². The van der Waals surface area contributed by atoms with E-state index in [2.05, 4.69) is 39.2 Å². The number of carbonyl (C=O) groups excluding carboxylic acids is 2. The predicted octanol–water partition coefficient (Wildman–Crippen LogP) is 5.63. The van der Waals surface area contributed by atoms with Gasteiger partial charge in [0.15, 0.2) is 8.32 Å². The van der Waals surface area contributed by atoms with E-state index in [4.69, 9.17) is 18.6 Å². The predicted molar refractivity (Wildman–Crippen MR) is 152 cm³/mol. The Morgan fingerprint density at radius 3 is 2.15 bits per heavy atom. The van der Waals surface area contributed by atoms with Crippen LogP contribution in [0.2, 0.25) is 18.1 Å². The molecule has 40 heavy (non-hydrogen) atoms. The zero-order chi connectivity index (χ0) is 29.5. The second-order valence-corrected chi connectivity index (χ2v) is 16.1. The molecule has 1 fully saturated rings. The molecule has 0 spiro atoms. The van der Waals surface area contributed by atoms with Crippen LogP contribution in [-0.2, 0) is 27.1 Å². The van der Waals surface area contributed by atoms with Gasteiger partial charge < -0.3 is 28.9 Å². The summed E-state index contributed by atoms with van der Waals surface area (Å²) in [5.74, 6) is 0.715. The van der Waals surface area contributed by atoms with E-state index in [1.807, 2.05) is 12.1 Å². The third-order valence-electron chi connectivity index (χ3n) is 7.40. The van der Waals surface area contributed by atoms with Crippen LogP contribution < -0.4 is 10.1 Å². The first-order valence-electron chi connectivity index (χ1n) is 13.2. The Labute approximate surface area is 236 Å². The maximum atomic E-state index is 13.1. The number of hydrogen-bond donors (Lipinski definition) is 1. The Balaban J connectivity index is 1.60.